The van der Waals surface area contributed by atoms with Crippen molar-refractivity contribution < 1.29 is 4.79 Å². The molecular formula is C12H11N5O. The lowest BCUT2D eigenvalue weighted by molar-refractivity contribution is 0.0950. The Morgan fingerprint density at radius 3 is 2.22 bits per heavy atom. The zero-order chi connectivity index (χ0) is 12.8. The molecule has 0 fully saturated rings. The molecule has 2 heterocycles. The molecule has 0 aliphatic heterocycles. The molecule has 2 aromatic heterocycles. The third-order valence-electron chi connectivity index (χ3n) is 2.10. The molecule has 0 aliphatic rings. The van der Waals surface area contributed by atoms with E-state index in [0.717, 1.165) is 0 Å². The van der Waals surface area contributed by atoms with Crippen molar-refractivity contribution in [3.8, 4) is 0 Å². The van der Waals surface area contributed by atoms with E-state index in [2.05, 4.69) is 20.5 Å². The number of aromatic nitrogens is 2. The van der Waals surface area contributed by atoms with E-state index < -0.39 is 5.91 Å². The van der Waals surface area contributed by atoms with Crippen LogP contribution in [0.25, 0.3) is 0 Å². The Labute approximate surface area is 104 Å². The van der Waals surface area contributed by atoms with Gasteiger partial charge in [0, 0.05) is 12.4 Å². The standard InChI is InChI=1S/C12H11N5O/c13-11(9-5-1-3-7-14-9)16-17-12(18)10-6-2-4-8-15-10/h1-8H,(H2,13,16)(H,17,18). The monoisotopic (exact) mass is 241 g/mol. The molecule has 2 aromatic rings. The number of nitrogens with two attached hydrogens (primary N) is 1. The molecule has 3 N–H and O–H groups in total. The van der Waals surface area contributed by atoms with Gasteiger partial charge in [-0.15, -0.1) is 0 Å². The molecule has 0 aliphatic carbocycles. The number of nitrogens with one attached hydrogen (secondary N) is 1. The Hall–Kier alpha value is -2.76. The lowest BCUT2D eigenvalue weighted by Crippen LogP contribution is -2.25. The van der Waals surface area contributed by atoms with Crippen molar-refractivity contribution in [1.82, 2.24) is 15.4 Å². The first-order valence-corrected chi connectivity index (χ1v) is 5.23. The van der Waals surface area contributed by atoms with Gasteiger partial charge in [-0.05, 0) is 24.3 Å². The molecule has 1 amide bonds. The van der Waals surface area contributed by atoms with Crippen LogP contribution in [0.1, 0.15) is 16.2 Å². The van der Waals surface area contributed by atoms with E-state index in [1.807, 2.05) is 0 Å². The van der Waals surface area contributed by atoms with Crippen LogP contribution in [-0.2, 0) is 0 Å². The van der Waals surface area contributed by atoms with Crippen LogP contribution in [0.4, 0.5) is 0 Å². The third-order valence-corrected chi connectivity index (χ3v) is 2.10. The highest BCUT2D eigenvalue weighted by Gasteiger charge is 2.05. The summed E-state index contributed by atoms with van der Waals surface area (Å²) < 4.78 is 0. The predicted octanol–water partition coefficient (Wildman–Crippen LogP) is 0.527. The molecule has 0 unspecified atom stereocenters. The summed E-state index contributed by atoms with van der Waals surface area (Å²) in [6, 6.07) is 10.3. The van der Waals surface area contributed by atoms with Gasteiger partial charge < -0.3 is 5.73 Å². The van der Waals surface area contributed by atoms with E-state index in [1.165, 1.54) is 6.20 Å². The molecule has 0 spiro atoms. The maximum Gasteiger partial charge on any atom is 0.290 e. The third kappa shape index (κ3) is 2.88. The first-order chi connectivity index (χ1) is 8.77. The Balaban J connectivity index is 2.05. The average molecular weight is 241 g/mol. The molecule has 6 nitrogen and oxygen atoms in total. The van der Waals surface area contributed by atoms with Gasteiger partial charge in [0.2, 0.25) is 0 Å². The number of carbonyl (C=O) groups excluding carboxylic acids is 1. The van der Waals surface area contributed by atoms with E-state index in [9.17, 15) is 4.79 Å². The van der Waals surface area contributed by atoms with Crippen molar-refractivity contribution in [2.75, 3.05) is 0 Å². The Morgan fingerprint density at radius 1 is 1.06 bits per heavy atom. The number of amidine groups is 1. The highest BCUT2D eigenvalue weighted by Crippen LogP contribution is 1.94. The lowest BCUT2D eigenvalue weighted by atomic mass is 10.3. The van der Waals surface area contributed by atoms with Gasteiger partial charge in [0.1, 0.15) is 11.4 Å². The van der Waals surface area contributed by atoms with Crippen molar-refractivity contribution in [3.05, 3.63) is 60.2 Å². The first-order valence-electron chi connectivity index (χ1n) is 5.23. The van der Waals surface area contributed by atoms with Crippen molar-refractivity contribution >= 4 is 11.7 Å². The maximum absolute atomic E-state index is 11.6. The van der Waals surface area contributed by atoms with Crippen molar-refractivity contribution in [1.29, 1.82) is 0 Å². The fourth-order valence-corrected chi connectivity index (χ4v) is 1.24. The zero-order valence-electron chi connectivity index (χ0n) is 9.45. The summed E-state index contributed by atoms with van der Waals surface area (Å²) in [5.41, 5.74) is 8.76. The van der Waals surface area contributed by atoms with E-state index in [1.54, 1.807) is 42.6 Å². The summed E-state index contributed by atoms with van der Waals surface area (Å²) in [5.74, 6) is -0.283. The second kappa shape index (κ2) is 5.53. The minimum atomic E-state index is -0.422. The largest absolute Gasteiger partial charge is 0.380 e. The Morgan fingerprint density at radius 2 is 1.67 bits per heavy atom. The molecule has 0 aromatic carbocycles. The first kappa shape index (κ1) is 11.7. The number of pyridine rings is 2. The molecular weight excluding hydrogens is 230 g/mol. The zero-order valence-corrected chi connectivity index (χ0v) is 9.45. The van der Waals surface area contributed by atoms with Crippen LogP contribution in [-0.4, -0.2) is 21.7 Å². The van der Waals surface area contributed by atoms with Crippen LogP contribution < -0.4 is 11.2 Å². The highest BCUT2D eigenvalue weighted by molar-refractivity contribution is 5.98. The van der Waals surface area contributed by atoms with E-state index in [4.69, 9.17) is 5.73 Å². The molecule has 90 valence electrons. The van der Waals surface area contributed by atoms with Gasteiger partial charge in [-0.3, -0.25) is 14.8 Å². The smallest absolute Gasteiger partial charge is 0.290 e. The molecule has 6 heteroatoms. The molecule has 0 bridgehead atoms. The topological polar surface area (TPSA) is 93.3 Å². The normalized spacial score (nSPS) is 11.0. The summed E-state index contributed by atoms with van der Waals surface area (Å²) >= 11 is 0. The molecule has 0 radical (unpaired) electrons. The van der Waals surface area contributed by atoms with Crippen molar-refractivity contribution in [2.45, 2.75) is 0 Å². The van der Waals surface area contributed by atoms with Crippen molar-refractivity contribution in [2.24, 2.45) is 10.8 Å². The van der Waals surface area contributed by atoms with Crippen LogP contribution in [0.2, 0.25) is 0 Å². The molecule has 0 saturated heterocycles. The minimum absolute atomic E-state index is 0.139. The van der Waals surface area contributed by atoms with E-state index >= 15 is 0 Å². The van der Waals surface area contributed by atoms with Gasteiger partial charge in [0.15, 0.2) is 5.84 Å². The van der Waals surface area contributed by atoms with Crippen molar-refractivity contribution in [3.63, 3.8) is 0 Å². The second-order valence-electron chi connectivity index (χ2n) is 3.37. The minimum Gasteiger partial charge on any atom is -0.380 e. The van der Waals surface area contributed by atoms with E-state index in [-0.39, 0.29) is 11.5 Å². The Bertz CT molecular complexity index is 553. The number of hydrogen-bond acceptors (Lipinski definition) is 4. The van der Waals surface area contributed by atoms with Crippen LogP contribution in [0.15, 0.2) is 53.9 Å². The van der Waals surface area contributed by atoms with E-state index in [0.29, 0.717) is 5.69 Å². The van der Waals surface area contributed by atoms with Crippen LogP contribution >= 0.6 is 0 Å². The lowest BCUT2D eigenvalue weighted by Gasteiger charge is -2.01. The second-order valence-corrected chi connectivity index (χ2v) is 3.37. The van der Waals surface area contributed by atoms with Gasteiger partial charge in [-0.2, -0.15) is 5.10 Å². The summed E-state index contributed by atoms with van der Waals surface area (Å²) in [6.45, 7) is 0. The van der Waals surface area contributed by atoms with Gasteiger partial charge in [0.05, 0.1) is 0 Å². The molecule has 0 saturated carbocycles. The highest BCUT2D eigenvalue weighted by atomic mass is 16.2. The summed E-state index contributed by atoms with van der Waals surface area (Å²) in [6.07, 6.45) is 3.12. The summed E-state index contributed by atoms with van der Waals surface area (Å²) in [5, 5.41) is 3.76. The molecule has 0 atom stereocenters. The van der Waals surface area contributed by atoms with Crippen LogP contribution in [0, 0.1) is 0 Å². The number of hydrogen-bond donors (Lipinski definition) is 2. The predicted molar refractivity (Wildman–Crippen MR) is 66.7 cm³/mol. The fourth-order valence-electron chi connectivity index (χ4n) is 1.24. The number of nitrogens with zero attached hydrogens (tertiary/aromatic N) is 3. The fraction of sp³-hybridized carbons (Fsp3) is 0. The van der Waals surface area contributed by atoms with Crippen LogP contribution in [0.3, 0.4) is 0 Å². The quantitative estimate of drug-likeness (QED) is 0.465. The maximum atomic E-state index is 11.6. The number of hydrazone groups is 1. The van der Waals surface area contributed by atoms with Gasteiger partial charge >= 0.3 is 0 Å². The summed E-state index contributed by atoms with van der Waals surface area (Å²) in [7, 11) is 0. The SMILES string of the molecule is NC(=NNC(=O)c1ccccn1)c1ccccn1. The van der Waals surface area contributed by atoms with Gasteiger partial charge in [-0.1, -0.05) is 12.1 Å². The Kier molecular flexibility index (Phi) is 3.60. The number of carbonyl (C=O) groups is 1. The average Bonchev–Trinajstić information content (AvgIpc) is 2.46. The van der Waals surface area contributed by atoms with Gasteiger partial charge in [-0.25, -0.2) is 5.43 Å². The van der Waals surface area contributed by atoms with Crippen LogP contribution in [0.5, 0.6) is 0 Å². The van der Waals surface area contributed by atoms with Gasteiger partial charge in [0.25, 0.3) is 5.91 Å². The molecule has 2 rings (SSSR count). The number of rotatable bonds is 3. The number of amides is 1. The molecule has 18 heavy (non-hydrogen) atoms. The summed E-state index contributed by atoms with van der Waals surface area (Å²) in [4.78, 5) is 19.5.